The van der Waals surface area contributed by atoms with Gasteiger partial charge in [0.15, 0.2) is 17.3 Å². The molecule has 0 radical (unpaired) electrons. The molecule has 0 saturated carbocycles. The smallest absolute Gasteiger partial charge is 0.283 e. The summed E-state index contributed by atoms with van der Waals surface area (Å²) in [4.78, 5) is 16.6. The monoisotopic (exact) mass is 480 g/mol. The van der Waals surface area contributed by atoms with Crippen molar-refractivity contribution in [3.05, 3.63) is 53.6 Å². The fourth-order valence-electron chi connectivity index (χ4n) is 3.24. The maximum absolute atomic E-state index is 12.5. The first-order chi connectivity index (χ1) is 16.5. The molecular weight excluding hydrogens is 456 g/mol. The van der Waals surface area contributed by atoms with E-state index < -0.39 is 5.91 Å². The molecule has 10 heteroatoms. The fourth-order valence-corrected chi connectivity index (χ4v) is 4.06. The highest BCUT2D eigenvalue weighted by atomic mass is 32.2. The van der Waals surface area contributed by atoms with Crippen LogP contribution in [0.2, 0.25) is 0 Å². The van der Waals surface area contributed by atoms with Gasteiger partial charge in [-0.3, -0.25) is 10.2 Å². The minimum atomic E-state index is -0.467. The van der Waals surface area contributed by atoms with Crippen molar-refractivity contribution in [2.24, 2.45) is 10.1 Å². The van der Waals surface area contributed by atoms with Crippen molar-refractivity contribution in [2.45, 2.75) is 13.3 Å². The zero-order valence-electron chi connectivity index (χ0n) is 19.0. The van der Waals surface area contributed by atoms with Gasteiger partial charge in [-0.25, -0.2) is 0 Å². The van der Waals surface area contributed by atoms with Gasteiger partial charge in [-0.05, 0) is 54.1 Å². The van der Waals surface area contributed by atoms with Crippen LogP contribution in [-0.2, 0) is 4.79 Å². The summed E-state index contributed by atoms with van der Waals surface area (Å²) in [7, 11) is 3.14. The largest absolute Gasteiger partial charge is 0.497 e. The van der Waals surface area contributed by atoms with Crippen molar-refractivity contribution < 1.29 is 23.7 Å². The molecule has 0 saturated heterocycles. The highest BCUT2D eigenvalue weighted by Crippen LogP contribution is 2.32. The Balaban J connectivity index is 1.43. The Morgan fingerprint density at radius 2 is 1.82 bits per heavy atom. The number of amidine groups is 2. The van der Waals surface area contributed by atoms with Gasteiger partial charge in [0.05, 0.1) is 19.8 Å². The van der Waals surface area contributed by atoms with Gasteiger partial charge in [0, 0.05) is 6.07 Å². The predicted molar refractivity (Wildman–Crippen MR) is 132 cm³/mol. The summed E-state index contributed by atoms with van der Waals surface area (Å²) in [6.45, 7) is 2.61. The van der Waals surface area contributed by atoms with E-state index in [2.05, 4.69) is 10.1 Å². The average molecular weight is 481 g/mol. The van der Waals surface area contributed by atoms with Crippen LogP contribution >= 0.6 is 11.8 Å². The maximum atomic E-state index is 12.5. The van der Waals surface area contributed by atoms with E-state index in [-0.39, 0.29) is 11.4 Å². The van der Waals surface area contributed by atoms with Crippen molar-refractivity contribution in [1.82, 2.24) is 5.01 Å². The number of aliphatic imine (C=N–C) groups is 1. The molecule has 2 aromatic carbocycles. The van der Waals surface area contributed by atoms with Gasteiger partial charge in [-0.15, -0.1) is 0 Å². The number of thioether (sulfide) groups is 1. The van der Waals surface area contributed by atoms with Crippen molar-refractivity contribution in [3.63, 3.8) is 0 Å². The third-order valence-corrected chi connectivity index (χ3v) is 6.00. The highest BCUT2D eigenvalue weighted by molar-refractivity contribution is 8.26. The SMILES string of the molecule is CCC1=NN2C(=N)C(=Cc3ccc(OCCOc4cccc(OC)c4)c(OC)c3)C(=O)N=C2S1. The van der Waals surface area contributed by atoms with Crippen LogP contribution in [0.5, 0.6) is 23.0 Å². The van der Waals surface area contributed by atoms with E-state index in [1.807, 2.05) is 25.1 Å². The zero-order chi connectivity index (χ0) is 24.1. The summed E-state index contributed by atoms with van der Waals surface area (Å²) in [6.07, 6.45) is 2.32. The molecule has 0 aromatic heterocycles. The summed E-state index contributed by atoms with van der Waals surface area (Å²) in [5.74, 6) is 1.98. The Morgan fingerprint density at radius 1 is 1.03 bits per heavy atom. The number of nitrogens with zero attached hydrogens (tertiary/aromatic N) is 3. The lowest BCUT2D eigenvalue weighted by Crippen LogP contribution is -2.35. The second kappa shape index (κ2) is 10.4. The van der Waals surface area contributed by atoms with Gasteiger partial charge < -0.3 is 18.9 Å². The fraction of sp³-hybridized carbons (Fsp3) is 0.250. The number of ether oxygens (including phenoxy) is 4. The molecule has 0 aliphatic carbocycles. The molecular formula is C24H24N4O5S. The molecule has 0 bridgehead atoms. The van der Waals surface area contributed by atoms with Crippen molar-refractivity contribution in [2.75, 3.05) is 27.4 Å². The molecule has 0 spiro atoms. The van der Waals surface area contributed by atoms with Crippen molar-refractivity contribution in [3.8, 4) is 23.0 Å². The third kappa shape index (κ3) is 5.07. The van der Waals surface area contributed by atoms with E-state index in [1.54, 1.807) is 44.6 Å². The Labute approximate surface area is 201 Å². The average Bonchev–Trinajstić information content (AvgIpc) is 3.28. The lowest BCUT2D eigenvalue weighted by molar-refractivity contribution is -0.114. The minimum Gasteiger partial charge on any atom is -0.497 e. The molecule has 0 atom stereocenters. The van der Waals surface area contributed by atoms with Crippen LogP contribution < -0.4 is 18.9 Å². The van der Waals surface area contributed by atoms with E-state index in [1.165, 1.54) is 16.8 Å². The van der Waals surface area contributed by atoms with Crippen molar-refractivity contribution >= 4 is 39.8 Å². The van der Waals surface area contributed by atoms with Crippen LogP contribution in [0.25, 0.3) is 6.08 Å². The number of benzene rings is 2. The van der Waals surface area contributed by atoms with E-state index in [9.17, 15) is 4.79 Å². The topological polar surface area (TPSA) is 106 Å². The Bertz CT molecular complexity index is 1210. The van der Waals surface area contributed by atoms with Gasteiger partial charge in [-0.1, -0.05) is 19.1 Å². The van der Waals surface area contributed by atoms with E-state index in [0.717, 1.165) is 10.8 Å². The Hall–Kier alpha value is -3.79. The van der Waals surface area contributed by atoms with Gasteiger partial charge in [0.2, 0.25) is 5.17 Å². The summed E-state index contributed by atoms with van der Waals surface area (Å²) < 4.78 is 22.2. The molecule has 4 rings (SSSR count). The molecule has 176 valence electrons. The summed E-state index contributed by atoms with van der Waals surface area (Å²) in [5, 5.41) is 15.4. The van der Waals surface area contributed by atoms with E-state index >= 15 is 0 Å². The van der Waals surface area contributed by atoms with Crippen LogP contribution in [0.4, 0.5) is 0 Å². The summed E-state index contributed by atoms with van der Waals surface area (Å²) >= 11 is 1.31. The number of hydrazone groups is 1. The summed E-state index contributed by atoms with van der Waals surface area (Å²) in [6, 6.07) is 12.6. The second-order valence-corrected chi connectivity index (χ2v) is 8.19. The lowest BCUT2D eigenvalue weighted by atomic mass is 10.1. The standard InChI is InChI=1S/C24H24N4O5S/c1-4-21-27-28-22(25)18(23(29)26-24(28)34-21)12-15-8-9-19(20(13-15)31-3)33-11-10-32-17-7-5-6-16(14-17)30-2/h5-9,12-14,25H,4,10-11H2,1-3H3. The minimum absolute atomic E-state index is 0.0000606. The second-order valence-electron chi connectivity index (χ2n) is 7.15. The van der Waals surface area contributed by atoms with Gasteiger partial charge in [0.25, 0.3) is 5.91 Å². The number of carbonyl (C=O) groups is 1. The predicted octanol–water partition coefficient (Wildman–Crippen LogP) is 4.19. The molecule has 34 heavy (non-hydrogen) atoms. The number of fused-ring (bicyclic) bond motifs is 1. The van der Waals surface area contributed by atoms with Crippen LogP contribution in [0, 0.1) is 5.41 Å². The first-order valence-corrected chi connectivity index (χ1v) is 11.4. The van der Waals surface area contributed by atoms with Crippen molar-refractivity contribution in [1.29, 1.82) is 5.41 Å². The van der Waals surface area contributed by atoms with Crippen LogP contribution in [0.1, 0.15) is 18.9 Å². The van der Waals surface area contributed by atoms with Gasteiger partial charge >= 0.3 is 0 Å². The molecule has 2 heterocycles. The molecule has 1 amide bonds. The number of hydrogen-bond acceptors (Lipinski definition) is 8. The van der Waals surface area contributed by atoms with E-state index in [0.29, 0.717) is 47.6 Å². The highest BCUT2D eigenvalue weighted by Gasteiger charge is 2.35. The molecule has 2 aliphatic rings. The molecule has 1 N–H and O–H groups in total. The first-order valence-electron chi connectivity index (χ1n) is 10.6. The Kier molecular flexibility index (Phi) is 7.17. The third-order valence-electron chi connectivity index (χ3n) is 4.95. The van der Waals surface area contributed by atoms with Gasteiger partial charge in [-0.2, -0.15) is 15.1 Å². The maximum Gasteiger partial charge on any atom is 0.283 e. The number of amides is 1. The Morgan fingerprint density at radius 3 is 2.59 bits per heavy atom. The number of methoxy groups -OCH3 is 2. The molecule has 2 aromatic rings. The number of rotatable bonds is 9. The molecule has 2 aliphatic heterocycles. The molecule has 0 unspecified atom stereocenters. The van der Waals surface area contributed by atoms with Gasteiger partial charge in [0.1, 0.15) is 29.8 Å². The number of nitrogens with one attached hydrogen (secondary N) is 1. The number of carbonyl (C=O) groups excluding carboxylic acids is 1. The lowest BCUT2D eigenvalue weighted by Gasteiger charge is -2.20. The quantitative estimate of drug-likeness (QED) is 0.424. The molecule has 9 nitrogen and oxygen atoms in total. The van der Waals surface area contributed by atoms with E-state index in [4.69, 9.17) is 24.4 Å². The summed E-state index contributed by atoms with van der Waals surface area (Å²) in [5.41, 5.74) is 0.836. The van der Waals surface area contributed by atoms with Crippen LogP contribution in [0.3, 0.4) is 0 Å². The van der Waals surface area contributed by atoms with Crippen LogP contribution in [-0.4, -0.2) is 54.4 Å². The number of hydrogen-bond donors (Lipinski definition) is 1. The normalized spacial score (nSPS) is 16.2. The molecule has 0 fully saturated rings. The zero-order valence-corrected chi connectivity index (χ0v) is 19.8. The first kappa shape index (κ1) is 23.4. The van der Waals surface area contributed by atoms with Crippen LogP contribution in [0.15, 0.2) is 58.1 Å².